The Morgan fingerprint density at radius 1 is 1.33 bits per heavy atom. The molecule has 1 heterocycles. The molecule has 118 valence electrons. The number of aliphatic hydroxyl groups excluding tert-OH is 1. The van der Waals surface area contributed by atoms with E-state index >= 15 is 0 Å². The van der Waals surface area contributed by atoms with Crippen LogP contribution in [0.15, 0.2) is 12.1 Å². The third-order valence-electron chi connectivity index (χ3n) is 3.55. The van der Waals surface area contributed by atoms with E-state index < -0.39 is 0 Å². The van der Waals surface area contributed by atoms with E-state index in [1.54, 1.807) is 0 Å². The molecule has 2 N–H and O–H groups in total. The predicted molar refractivity (Wildman–Crippen MR) is 84.2 cm³/mol. The van der Waals surface area contributed by atoms with E-state index in [2.05, 4.69) is 12.2 Å². The number of benzene rings is 1. The molecule has 0 fully saturated rings. The Morgan fingerprint density at radius 2 is 2.14 bits per heavy atom. The molecule has 0 saturated heterocycles. The summed E-state index contributed by atoms with van der Waals surface area (Å²) < 4.78 is 11.3. The number of aliphatic hydroxyl groups is 1. The van der Waals surface area contributed by atoms with E-state index in [1.165, 1.54) is 0 Å². The van der Waals surface area contributed by atoms with Crippen molar-refractivity contribution in [3.8, 4) is 11.5 Å². The molecule has 1 atom stereocenters. The first-order valence-corrected chi connectivity index (χ1v) is 7.98. The van der Waals surface area contributed by atoms with Gasteiger partial charge in [0.15, 0.2) is 11.5 Å². The van der Waals surface area contributed by atoms with E-state index in [1.807, 2.05) is 12.1 Å². The molecule has 4 nitrogen and oxygen atoms in total. The number of fused-ring (bicyclic) bond motifs is 1. The summed E-state index contributed by atoms with van der Waals surface area (Å²) in [5.74, 6) is 1.78. The van der Waals surface area contributed by atoms with Gasteiger partial charge >= 0.3 is 0 Å². The second-order valence-electron chi connectivity index (χ2n) is 5.56. The van der Waals surface area contributed by atoms with Crippen LogP contribution in [-0.4, -0.2) is 31.5 Å². The van der Waals surface area contributed by atoms with Crippen molar-refractivity contribution in [1.82, 2.24) is 5.32 Å². The molecule has 5 heteroatoms. The first-order chi connectivity index (χ1) is 10.2. The van der Waals surface area contributed by atoms with E-state index in [4.69, 9.17) is 26.2 Å². The summed E-state index contributed by atoms with van der Waals surface area (Å²) in [6.45, 7) is 5.31. The number of hydrogen-bond donors (Lipinski definition) is 2. The van der Waals surface area contributed by atoms with Crippen molar-refractivity contribution in [2.24, 2.45) is 5.92 Å². The summed E-state index contributed by atoms with van der Waals surface area (Å²) in [6, 6.07) is 3.92. The van der Waals surface area contributed by atoms with E-state index in [0.29, 0.717) is 29.9 Å². The van der Waals surface area contributed by atoms with Crippen molar-refractivity contribution in [3.63, 3.8) is 0 Å². The second-order valence-corrected chi connectivity index (χ2v) is 5.97. The highest BCUT2D eigenvalue weighted by Gasteiger charge is 2.15. The minimum atomic E-state index is 0.262. The van der Waals surface area contributed by atoms with Crippen molar-refractivity contribution in [2.45, 2.75) is 32.7 Å². The summed E-state index contributed by atoms with van der Waals surface area (Å²) in [7, 11) is 0. The molecular formula is C16H24ClNO3. The van der Waals surface area contributed by atoms with Crippen LogP contribution >= 0.6 is 11.6 Å². The maximum Gasteiger partial charge on any atom is 0.179 e. The molecule has 1 aliphatic rings. The molecule has 1 aromatic carbocycles. The van der Waals surface area contributed by atoms with Gasteiger partial charge in [0.2, 0.25) is 0 Å². The third-order valence-corrected chi connectivity index (χ3v) is 3.83. The zero-order chi connectivity index (χ0) is 15.1. The van der Waals surface area contributed by atoms with Crippen LogP contribution in [0.25, 0.3) is 0 Å². The maximum absolute atomic E-state index is 8.97. The predicted octanol–water partition coefficient (Wildman–Crippen LogP) is 3.00. The van der Waals surface area contributed by atoms with Crippen molar-refractivity contribution >= 4 is 11.6 Å². The Balaban J connectivity index is 1.84. The van der Waals surface area contributed by atoms with Crippen LogP contribution in [0.2, 0.25) is 5.02 Å². The third kappa shape index (κ3) is 5.06. The zero-order valence-electron chi connectivity index (χ0n) is 12.5. The van der Waals surface area contributed by atoms with Gasteiger partial charge in [-0.2, -0.15) is 0 Å². The standard InChI is InChI=1S/C16H24ClNO3/c1-12(11-19)4-2-5-18-10-13-8-14(17)16-15(9-13)20-6-3-7-21-16/h8-9,12,18-19H,2-7,10-11H2,1H3. The molecule has 0 saturated carbocycles. The van der Waals surface area contributed by atoms with Crippen LogP contribution in [0.1, 0.15) is 31.7 Å². The van der Waals surface area contributed by atoms with Gasteiger partial charge in [-0.3, -0.25) is 0 Å². The van der Waals surface area contributed by atoms with Crippen LogP contribution in [-0.2, 0) is 6.54 Å². The second kappa shape index (κ2) is 8.47. The SMILES string of the molecule is CC(CO)CCCNCc1cc(Cl)c2c(c1)OCCCO2. The van der Waals surface area contributed by atoms with Gasteiger partial charge in [0.05, 0.1) is 18.2 Å². The fourth-order valence-electron chi connectivity index (χ4n) is 2.29. The Kier molecular flexibility index (Phi) is 6.61. The average Bonchev–Trinajstić information content (AvgIpc) is 2.72. The Labute approximate surface area is 131 Å². The maximum atomic E-state index is 8.97. The van der Waals surface area contributed by atoms with Crippen molar-refractivity contribution in [2.75, 3.05) is 26.4 Å². The van der Waals surface area contributed by atoms with Crippen LogP contribution in [0, 0.1) is 5.92 Å². The van der Waals surface area contributed by atoms with Crippen LogP contribution in [0.3, 0.4) is 0 Å². The van der Waals surface area contributed by atoms with E-state index in [0.717, 1.165) is 43.7 Å². The van der Waals surface area contributed by atoms with Gasteiger partial charge in [0, 0.05) is 19.6 Å². The Hall–Kier alpha value is -0.970. The summed E-state index contributed by atoms with van der Waals surface area (Å²) in [4.78, 5) is 0. The summed E-state index contributed by atoms with van der Waals surface area (Å²) in [5, 5.41) is 13.0. The minimum Gasteiger partial charge on any atom is -0.489 e. The van der Waals surface area contributed by atoms with Crippen LogP contribution in [0.4, 0.5) is 0 Å². The fraction of sp³-hybridized carbons (Fsp3) is 0.625. The van der Waals surface area contributed by atoms with Crippen molar-refractivity contribution in [3.05, 3.63) is 22.7 Å². The first-order valence-electron chi connectivity index (χ1n) is 7.60. The molecule has 0 aromatic heterocycles. The van der Waals surface area contributed by atoms with Gasteiger partial charge in [0.25, 0.3) is 0 Å². The van der Waals surface area contributed by atoms with E-state index in [-0.39, 0.29) is 6.61 Å². The van der Waals surface area contributed by atoms with Crippen LogP contribution in [0.5, 0.6) is 11.5 Å². The number of nitrogens with one attached hydrogen (secondary N) is 1. The molecule has 0 spiro atoms. The summed E-state index contributed by atoms with van der Waals surface area (Å²) in [6.07, 6.45) is 2.97. The van der Waals surface area contributed by atoms with Crippen molar-refractivity contribution in [1.29, 1.82) is 0 Å². The largest absolute Gasteiger partial charge is 0.489 e. The summed E-state index contributed by atoms with van der Waals surface area (Å²) in [5.41, 5.74) is 1.10. The lowest BCUT2D eigenvalue weighted by atomic mass is 10.1. The fourth-order valence-corrected chi connectivity index (χ4v) is 2.57. The molecule has 21 heavy (non-hydrogen) atoms. The highest BCUT2D eigenvalue weighted by molar-refractivity contribution is 6.32. The number of ether oxygens (including phenoxy) is 2. The quantitative estimate of drug-likeness (QED) is 0.760. The monoisotopic (exact) mass is 313 g/mol. The molecule has 1 aromatic rings. The van der Waals surface area contributed by atoms with Crippen molar-refractivity contribution < 1.29 is 14.6 Å². The molecule has 0 amide bonds. The van der Waals surface area contributed by atoms with E-state index in [9.17, 15) is 0 Å². The summed E-state index contributed by atoms with van der Waals surface area (Å²) >= 11 is 6.26. The molecule has 0 radical (unpaired) electrons. The first kappa shape index (κ1) is 16.4. The van der Waals surface area contributed by atoms with Gasteiger partial charge in [-0.1, -0.05) is 18.5 Å². The normalized spacial score (nSPS) is 15.6. The average molecular weight is 314 g/mol. The molecule has 0 bridgehead atoms. The number of halogens is 1. The Morgan fingerprint density at radius 3 is 2.95 bits per heavy atom. The molecule has 1 aliphatic heterocycles. The van der Waals surface area contributed by atoms with Gasteiger partial charge in [-0.15, -0.1) is 0 Å². The number of hydrogen-bond acceptors (Lipinski definition) is 4. The van der Waals surface area contributed by atoms with Gasteiger partial charge in [0.1, 0.15) is 0 Å². The number of rotatable bonds is 7. The highest BCUT2D eigenvalue weighted by Crippen LogP contribution is 2.37. The smallest absolute Gasteiger partial charge is 0.179 e. The lowest BCUT2D eigenvalue weighted by molar-refractivity contribution is 0.228. The molecule has 0 aliphatic carbocycles. The highest BCUT2D eigenvalue weighted by atomic mass is 35.5. The lowest BCUT2D eigenvalue weighted by Gasteiger charge is -2.12. The molecule has 2 rings (SSSR count). The van der Waals surface area contributed by atoms with Crippen LogP contribution < -0.4 is 14.8 Å². The van der Waals surface area contributed by atoms with Gasteiger partial charge < -0.3 is 19.9 Å². The molecular weight excluding hydrogens is 290 g/mol. The zero-order valence-corrected chi connectivity index (χ0v) is 13.3. The Bertz CT molecular complexity index is 453. The molecule has 1 unspecified atom stereocenters. The lowest BCUT2D eigenvalue weighted by Crippen LogP contribution is -2.16. The minimum absolute atomic E-state index is 0.262. The topological polar surface area (TPSA) is 50.7 Å². The van der Waals surface area contributed by atoms with Gasteiger partial charge in [-0.05, 0) is 43.0 Å². The van der Waals surface area contributed by atoms with Gasteiger partial charge in [-0.25, -0.2) is 0 Å².